The molecule has 0 aliphatic heterocycles. The molecule has 0 radical (unpaired) electrons. The third-order valence-electron chi connectivity index (χ3n) is 6.31. The molecule has 1 aromatic rings. The lowest BCUT2D eigenvalue weighted by molar-refractivity contribution is -0.145. The Labute approximate surface area is 199 Å². The molecule has 6 atom stereocenters. The van der Waals surface area contributed by atoms with E-state index in [9.17, 15) is 9.59 Å². The van der Waals surface area contributed by atoms with Crippen molar-refractivity contribution in [3.63, 3.8) is 0 Å². The van der Waals surface area contributed by atoms with Crippen molar-refractivity contribution in [3.05, 3.63) is 53.4 Å². The summed E-state index contributed by atoms with van der Waals surface area (Å²) >= 11 is 51.9. The number of rotatable bonds is 0. The minimum Gasteiger partial charge on any atom is -0.288 e. The molecule has 4 bridgehead atoms. The zero-order chi connectivity index (χ0) is 20.5. The summed E-state index contributed by atoms with van der Waals surface area (Å²) in [7, 11) is 0. The minimum absolute atomic E-state index is 0.108. The lowest BCUT2D eigenvalue weighted by Gasteiger charge is -2.61. The van der Waals surface area contributed by atoms with Gasteiger partial charge in [0.15, 0.2) is 9.75 Å². The topological polar surface area (TPSA) is 34.1 Å². The number of allylic oxidation sites excluding steroid dienone is 4. The van der Waals surface area contributed by atoms with Crippen molar-refractivity contribution in [1.82, 2.24) is 0 Å². The normalized spacial score (nSPS) is 40.3. The van der Waals surface area contributed by atoms with Gasteiger partial charge in [-0.05, 0) is 11.1 Å². The number of hydrogen-bond donors (Lipinski definition) is 0. The third kappa shape index (κ3) is 1.95. The Morgan fingerprint density at radius 3 is 1.25 bits per heavy atom. The Kier molecular flexibility index (Phi) is 4.33. The molecule has 7 rings (SSSR count). The van der Waals surface area contributed by atoms with Gasteiger partial charge in [0.2, 0.25) is 11.6 Å². The van der Waals surface area contributed by atoms with Gasteiger partial charge in [-0.3, -0.25) is 9.59 Å². The van der Waals surface area contributed by atoms with E-state index in [0.29, 0.717) is 11.1 Å². The highest BCUT2D eigenvalue weighted by Gasteiger charge is 2.76. The maximum Gasteiger partial charge on any atom is 0.227 e. The van der Waals surface area contributed by atoms with E-state index in [-0.39, 0.29) is 30.2 Å². The first-order valence-corrected chi connectivity index (χ1v) is 11.1. The fourth-order valence-electron chi connectivity index (χ4n) is 5.23. The van der Waals surface area contributed by atoms with Gasteiger partial charge in [-0.2, -0.15) is 0 Å². The molecule has 1 saturated carbocycles. The number of carbonyl (C=O) groups is 2. The summed E-state index contributed by atoms with van der Waals surface area (Å²) in [6.07, 6.45) is 3.73. The predicted octanol–water partition coefficient (Wildman–Crippen LogP) is 7.09. The quantitative estimate of drug-likeness (QED) is 0.116. The molecule has 0 N–H and O–H groups in total. The van der Waals surface area contributed by atoms with Crippen LogP contribution in [0.1, 0.15) is 23.0 Å². The first-order valence-electron chi connectivity index (χ1n) is 8.07. The maximum absolute atomic E-state index is 12.9. The Morgan fingerprint density at radius 1 is 0.607 bits per heavy atom. The van der Waals surface area contributed by atoms with Gasteiger partial charge >= 0.3 is 0 Å². The molecular formula is C18H6Cl8O2. The highest BCUT2D eigenvalue weighted by molar-refractivity contribution is 6.70. The van der Waals surface area contributed by atoms with Crippen LogP contribution in [-0.2, 0) is 9.59 Å². The van der Waals surface area contributed by atoms with Crippen LogP contribution >= 0.6 is 92.8 Å². The fraction of sp³-hybridized carbons (Fsp3) is 0.333. The van der Waals surface area contributed by atoms with E-state index in [2.05, 4.69) is 0 Å². The van der Waals surface area contributed by atoms with Crippen LogP contribution in [-0.4, -0.2) is 21.3 Å². The summed E-state index contributed by atoms with van der Waals surface area (Å²) < 4.78 is 0. The second kappa shape index (κ2) is 5.99. The molecule has 6 aliphatic rings. The van der Waals surface area contributed by atoms with E-state index in [0.717, 1.165) is 0 Å². The Hall–Kier alpha value is 0.360. The van der Waals surface area contributed by atoms with Gasteiger partial charge in [-0.1, -0.05) is 81.8 Å². The molecule has 1 aromatic carbocycles. The van der Waals surface area contributed by atoms with Crippen LogP contribution in [0.5, 0.6) is 0 Å². The van der Waals surface area contributed by atoms with Gasteiger partial charge in [0.25, 0.3) is 0 Å². The van der Waals surface area contributed by atoms with Gasteiger partial charge in [0.05, 0.1) is 30.2 Å². The van der Waals surface area contributed by atoms with Crippen molar-refractivity contribution in [1.29, 1.82) is 0 Å². The number of ketones is 2. The van der Waals surface area contributed by atoms with E-state index in [1.165, 1.54) is 0 Å². The van der Waals surface area contributed by atoms with Crippen molar-refractivity contribution < 1.29 is 9.59 Å². The summed E-state index contributed by atoms with van der Waals surface area (Å²) in [5, 5.41) is 0.412. The zero-order valence-electron chi connectivity index (χ0n) is 13.3. The van der Waals surface area contributed by atoms with Crippen molar-refractivity contribution in [2.75, 3.05) is 0 Å². The average molecular weight is 538 g/mol. The summed E-state index contributed by atoms with van der Waals surface area (Å²) in [4.78, 5) is 22.2. The molecule has 10 heteroatoms. The van der Waals surface area contributed by atoms with Crippen LogP contribution < -0.4 is 0 Å². The number of alkyl halides is 2. The van der Waals surface area contributed by atoms with Crippen LogP contribution in [0.2, 0.25) is 20.1 Å². The Bertz CT molecular complexity index is 1010. The largest absolute Gasteiger partial charge is 0.288 e. The van der Waals surface area contributed by atoms with E-state index in [4.69, 9.17) is 92.8 Å². The van der Waals surface area contributed by atoms with Crippen molar-refractivity contribution in [2.45, 2.75) is 21.6 Å². The van der Waals surface area contributed by atoms with Crippen LogP contribution in [0, 0.1) is 11.8 Å². The second-order valence-corrected chi connectivity index (χ2v) is 10.7. The van der Waals surface area contributed by atoms with Gasteiger partial charge in [0, 0.05) is 23.7 Å². The lowest BCUT2D eigenvalue weighted by atomic mass is 9.46. The first-order chi connectivity index (χ1) is 13.0. The third-order valence-corrected chi connectivity index (χ3v) is 10.6. The van der Waals surface area contributed by atoms with E-state index in [1.54, 1.807) is 0 Å². The minimum atomic E-state index is -1.83. The second-order valence-electron chi connectivity index (χ2n) is 7.28. The highest BCUT2D eigenvalue weighted by Crippen LogP contribution is 2.72. The molecule has 6 aliphatic carbocycles. The van der Waals surface area contributed by atoms with Crippen LogP contribution in [0.3, 0.4) is 0 Å². The van der Waals surface area contributed by atoms with Crippen LogP contribution in [0.4, 0.5) is 0 Å². The van der Waals surface area contributed by atoms with Gasteiger partial charge < -0.3 is 0 Å². The number of Topliss-reactive ketones (excluding diaryl/α,β-unsaturated/α-hetero) is 2. The SMILES string of the molecule is O=C1C(=O)[C@]2(Cl)C(Cl)=C(Cl)[C@@]1(Cl)[C@@H]1[C@H]2[C@@H]2C=C[C@H]1c1c(Cl)c(Cl)c(Cl)c(Cl)c12. The molecule has 0 spiro atoms. The monoisotopic (exact) mass is 534 g/mol. The number of fused-ring (bicyclic) bond motifs is 1. The molecular weight excluding hydrogens is 532 g/mol. The molecule has 0 saturated heterocycles. The summed E-state index contributed by atoms with van der Waals surface area (Å²) in [5.74, 6) is -4.05. The molecule has 0 heterocycles. The van der Waals surface area contributed by atoms with Crippen LogP contribution in [0.25, 0.3) is 0 Å². The standard InChI is InChI=1S/C18H6Cl8O2/c19-9-5-3-1-2-4(6(5)10(20)12(22)11(9)21)8-7(3)17(25)13(23)14(24)18(8,26)16(28)15(17)27/h1-4,7-8H/t3-,4+,7-,8+,17-,18+. The molecule has 146 valence electrons. The molecule has 28 heavy (non-hydrogen) atoms. The Morgan fingerprint density at radius 2 is 0.929 bits per heavy atom. The Balaban J connectivity index is 1.90. The number of halogens is 8. The molecule has 1 fully saturated rings. The van der Waals surface area contributed by atoms with E-state index < -0.39 is 45.0 Å². The summed E-state index contributed by atoms with van der Waals surface area (Å²) in [6, 6.07) is 0. The number of carbonyl (C=O) groups excluding carboxylic acids is 2. The molecule has 0 unspecified atom stereocenters. The zero-order valence-corrected chi connectivity index (χ0v) is 19.4. The average Bonchev–Trinajstić information content (AvgIpc) is 2.69. The maximum atomic E-state index is 12.9. The van der Waals surface area contributed by atoms with E-state index >= 15 is 0 Å². The van der Waals surface area contributed by atoms with E-state index in [1.807, 2.05) is 12.2 Å². The molecule has 0 amide bonds. The highest BCUT2D eigenvalue weighted by atomic mass is 35.5. The molecule has 0 aromatic heterocycles. The number of hydrogen-bond acceptors (Lipinski definition) is 2. The predicted molar refractivity (Wildman–Crippen MR) is 114 cm³/mol. The number of benzene rings is 1. The molecule has 2 nitrogen and oxygen atoms in total. The van der Waals surface area contributed by atoms with Gasteiger partial charge in [-0.15, -0.1) is 23.2 Å². The van der Waals surface area contributed by atoms with Crippen molar-refractivity contribution in [2.24, 2.45) is 11.8 Å². The van der Waals surface area contributed by atoms with Crippen molar-refractivity contribution >= 4 is 104 Å². The van der Waals surface area contributed by atoms with Gasteiger partial charge in [0.1, 0.15) is 0 Å². The summed E-state index contributed by atoms with van der Waals surface area (Å²) in [6.45, 7) is 0. The fourth-order valence-corrected chi connectivity index (χ4v) is 8.08. The first kappa shape index (κ1) is 20.3. The summed E-state index contributed by atoms with van der Waals surface area (Å²) in [5.41, 5.74) is 1.23. The smallest absolute Gasteiger partial charge is 0.227 e. The van der Waals surface area contributed by atoms with Gasteiger partial charge in [-0.25, -0.2) is 0 Å². The van der Waals surface area contributed by atoms with Crippen molar-refractivity contribution in [3.8, 4) is 0 Å². The lowest BCUT2D eigenvalue weighted by Crippen LogP contribution is -2.71. The van der Waals surface area contributed by atoms with Crippen LogP contribution in [0.15, 0.2) is 22.2 Å².